The van der Waals surface area contributed by atoms with Crippen molar-refractivity contribution < 1.29 is 18.8 Å². The van der Waals surface area contributed by atoms with Gasteiger partial charge in [-0.05, 0) is 31.9 Å². The number of aryl methyl sites for hydroxylation is 1. The highest BCUT2D eigenvalue weighted by molar-refractivity contribution is 7.82. The van der Waals surface area contributed by atoms with Crippen LogP contribution < -0.4 is 0 Å². The van der Waals surface area contributed by atoms with Crippen molar-refractivity contribution in [3.8, 4) is 0 Å². The summed E-state index contributed by atoms with van der Waals surface area (Å²) < 4.78 is 19.4. The number of carboxylic acids is 1. The van der Waals surface area contributed by atoms with Crippen LogP contribution in [0.2, 0.25) is 0 Å². The molecule has 1 atom stereocenters. The Morgan fingerprint density at radius 1 is 1.33 bits per heavy atom. The van der Waals surface area contributed by atoms with Gasteiger partial charge in [-0.15, -0.1) is 0 Å². The van der Waals surface area contributed by atoms with Gasteiger partial charge in [-0.2, -0.15) is 0 Å². The molecule has 0 amide bonds. The first-order valence-electron chi connectivity index (χ1n) is 6.95. The van der Waals surface area contributed by atoms with Crippen molar-refractivity contribution in [2.75, 3.05) is 26.8 Å². The molecule has 0 aromatic heterocycles. The van der Waals surface area contributed by atoms with Gasteiger partial charge in [-0.1, -0.05) is 17.7 Å². The van der Waals surface area contributed by atoms with Crippen LogP contribution in [0.5, 0.6) is 0 Å². The van der Waals surface area contributed by atoms with Crippen molar-refractivity contribution in [3.63, 3.8) is 0 Å². The Morgan fingerprint density at radius 2 is 1.90 bits per heavy atom. The van der Waals surface area contributed by atoms with E-state index < -0.39 is 22.4 Å². The highest BCUT2D eigenvalue weighted by Gasteiger charge is 2.42. The fraction of sp³-hybridized carbons (Fsp3) is 0.533. The Morgan fingerprint density at radius 3 is 2.43 bits per heavy atom. The van der Waals surface area contributed by atoms with Crippen molar-refractivity contribution in [1.29, 1.82) is 0 Å². The third kappa shape index (κ3) is 3.70. The Bertz CT molecular complexity index is 523. The van der Waals surface area contributed by atoms with E-state index in [9.17, 15) is 14.1 Å². The molecule has 0 bridgehead atoms. The largest absolute Gasteiger partial charge is 0.481 e. The number of nitrogens with zero attached hydrogens (tertiary/aromatic N) is 1. The summed E-state index contributed by atoms with van der Waals surface area (Å²) >= 11 is 0. The number of aliphatic carboxylic acids is 1. The van der Waals surface area contributed by atoms with Crippen LogP contribution >= 0.6 is 0 Å². The number of hydrogen-bond donors (Lipinski definition) is 1. The van der Waals surface area contributed by atoms with E-state index in [2.05, 4.69) is 0 Å². The summed E-state index contributed by atoms with van der Waals surface area (Å²) in [6, 6.07) is 7.45. The molecular formula is C15H21NO4S. The van der Waals surface area contributed by atoms with E-state index >= 15 is 0 Å². The predicted molar refractivity (Wildman–Crippen MR) is 80.3 cm³/mol. The summed E-state index contributed by atoms with van der Waals surface area (Å²) in [4.78, 5) is 12.3. The Hall–Kier alpha value is -1.24. The van der Waals surface area contributed by atoms with Gasteiger partial charge in [0.2, 0.25) is 0 Å². The maximum atomic E-state index is 12.5. The summed E-state index contributed by atoms with van der Waals surface area (Å²) in [5, 5.41) is 9.55. The molecule has 1 aromatic carbocycles. The predicted octanol–water partition coefficient (Wildman–Crippen LogP) is 1.83. The summed E-state index contributed by atoms with van der Waals surface area (Å²) in [6.45, 7) is 3.11. The quantitative estimate of drug-likeness (QED) is 0.901. The third-order valence-electron chi connectivity index (χ3n) is 3.93. The van der Waals surface area contributed by atoms with Crippen LogP contribution in [0.1, 0.15) is 18.4 Å². The summed E-state index contributed by atoms with van der Waals surface area (Å²) in [7, 11) is 0.353. The molecule has 0 spiro atoms. The van der Waals surface area contributed by atoms with Crippen LogP contribution in [0.25, 0.3) is 0 Å². The Balaban J connectivity index is 2.11. The van der Waals surface area contributed by atoms with E-state index in [1.165, 1.54) is 0 Å². The molecule has 1 heterocycles. The standard InChI is InChI=1S/C15H21NO4S/c1-12-3-5-13(6-4-12)21(19)16(2)11-15(14(17)18)7-9-20-10-8-15/h3-6H,7-11H2,1-2H3,(H,17,18). The second-order valence-corrected chi connectivity index (χ2v) is 7.14. The van der Waals surface area contributed by atoms with Gasteiger partial charge in [0.1, 0.15) is 11.0 Å². The average Bonchev–Trinajstić information content (AvgIpc) is 2.48. The number of benzene rings is 1. The second kappa shape index (κ2) is 6.68. The molecule has 6 heteroatoms. The molecule has 1 aliphatic heterocycles. The Kier molecular flexibility index (Phi) is 5.13. The fourth-order valence-electron chi connectivity index (χ4n) is 2.52. The molecule has 1 aliphatic rings. The van der Waals surface area contributed by atoms with Gasteiger partial charge in [0, 0.05) is 26.8 Å². The van der Waals surface area contributed by atoms with E-state index in [1.807, 2.05) is 31.2 Å². The van der Waals surface area contributed by atoms with E-state index in [1.54, 1.807) is 11.4 Å². The Labute approximate surface area is 127 Å². The first kappa shape index (κ1) is 16.1. The molecular weight excluding hydrogens is 290 g/mol. The molecule has 116 valence electrons. The van der Waals surface area contributed by atoms with Gasteiger partial charge in [0.25, 0.3) is 0 Å². The lowest BCUT2D eigenvalue weighted by molar-refractivity contribution is -0.155. The fourth-order valence-corrected chi connectivity index (χ4v) is 3.61. The van der Waals surface area contributed by atoms with Gasteiger partial charge in [-0.25, -0.2) is 8.51 Å². The molecule has 1 unspecified atom stereocenters. The molecule has 2 rings (SSSR count). The van der Waals surface area contributed by atoms with Gasteiger partial charge >= 0.3 is 5.97 Å². The van der Waals surface area contributed by atoms with Crippen LogP contribution in [0, 0.1) is 12.3 Å². The minimum Gasteiger partial charge on any atom is -0.481 e. The molecule has 1 N–H and O–H groups in total. The molecule has 1 saturated heterocycles. The first-order valence-corrected chi connectivity index (χ1v) is 8.06. The smallest absolute Gasteiger partial charge is 0.311 e. The van der Waals surface area contributed by atoms with Crippen molar-refractivity contribution in [2.24, 2.45) is 5.41 Å². The SMILES string of the molecule is Cc1ccc(S(=O)N(C)CC2(C(=O)O)CCOCC2)cc1. The topological polar surface area (TPSA) is 66.8 Å². The van der Waals surface area contributed by atoms with Crippen molar-refractivity contribution >= 4 is 17.0 Å². The highest BCUT2D eigenvalue weighted by atomic mass is 32.2. The molecule has 0 aliphatic carbocycles. The van der Waals surface area contributed by atoms with E-state index in [0.29, 0.717) is 31.0 Å². The van der Waals surface area contributed by atoms with Crippen LogP contribution in [0.4, 0.5) is 0 Å². The van der Waals surface area contributed by atoms with Gasteiger partial charge in [-0.3, -0.25) is 4.79 Å². The second-order valence-electron chi connectivity index (χ2n) is 5.55. The van der Waals surface area contributed by atoms with E-state index in [-0.39, 0.29) is 6.54 Å². The molecule has 1 aromatic rings. The van der Waals surface area contributed by atoms with Crippen LogP contribution in [-0.2, 0) is 20.5 Å². The molecule has 21 heavy (non-hydrogen) atoms. The summed E-state index contributed by atoms with van der Waals surface area (Å²) in [5.41, 5.74) is 0.234. The van der Waals surface area contributed by atoms with Gasteiger partial charge in [0.15, 0.2) is 0 Å². The first-order chi connectivity index (χ1) is 9.94. The zero-order chi connectivity index (χ0) is 15.5. The normalized spacial score (nSPS) is 19.4. The van der Waals surface area contributed by atoms with Gasteiger partial charge < -0.3 is 9.84 Å². The van der Waals surface area contributed by atoms with Crippen LogP contribution in [0.15, 0.2) is 29.2 Å². The lowest BCUT2D eigenvalue weighted by Crippen LogP contribution is -2.46. The van der Waals surface area contributed by atoms with Crippen LogP contribution in [0.3, 0.4) is 0 Å². The molecule has 0 saturated carbocycles. The van der Waals surface area contributed by atoms with Crippen LogP contribution in [-0.4, -0.2) is 46.4 Å². The summed E-state index contributed by atoms with van der Waals surface area (Å²) in [5.74, 6) is -0.835. The number of hydrogen-bond acceptors (Lipinski definition) is 3. The van der Waals surface area contributed by atoms with E-state index in [0.717, 1.165) is 5.56 Å². The number of ether oxygens (including phenoxy) is 1. The van der Waals surface area contributed by atoms with Gasteiger partial charge in [0.05, 0.1) is 10.3 Å². The number of rotatable bonds is 5. The van der Waals surface area contributed by atoms with E-state index in [4.69, 9.17) is 4.74 Å². The molecule has 0 radical (unpaired) electrons. The minimum atomic E-state index is -1.35. The van der Waals surface area contributed by atoms with Crippen molar-refractivity contribution in [1.82, 2.24) is 4.31 Å². The zero-order valence-electron chi connectivity index (χ0n) is 12.4. The lowest BCUT2D eigenvalue weighted by Gasteiger charge is -2.35. The lowest BCUT2D eigenvalue weighted by atomic mass is 9.80. The molecule has 1 fully saturated rings. The molecule has 5 nitrogen and oxygen atoms in total. The highest BCUT2D eigenvalue weighted by Crippen LogP contribution is 2.32. The summed E-state index contributed by atoms with van der Waals surface area (Å²) in [6.07, 6.45) is 0.912. The maximum Gasteiger partial charge on any atom is 0.311 e. The zero-order valence-corrected chi connectivity index (χ0v) is 13.2. The van der Waals surface area contributed by atoms with Crippen molar-refractivity contribution in [3.05, 3.63) is 29.8 Å². The average molecular weight is 311 g/mol. The minimum absolute atomic E-state index is 0.256. The monoisotopic (exact) mass is 311 g/mol. The number of carboxylic acid groups (broad SMARTS) is 1. The maximum absolute atomic E-state index is 12.5. The van der Waals surface area contributed by atoms with Crippen molar-refractivity contribution in [2.45, 2.75) is 24.7 Å². The third-order valence-corrected chi connectivity index (χ3v) is 5.31. The number of carbonyl (C=O) groups is 1.